The van der Waals surface area contributed by atoms with E-state index in [4.69, 9.17) is 9.47 Å². The fourth-order valence-electron chi connectivity index (χ4n) is 2.96. The van der Waals surface area contributed by atoms with Gasteiger partial charge in [0, 0.05) is 26.2 Å². The molecule has 2 aromatic carbocycles. The molecule has 0 spiro atoms. The fraction of sp³-hybridized carbons (Fsp3) is 0.409. The maximum atomic E-state index is 12.6. The zero-order valence-electron chi connectivity index (χ0n) is 18.4. The van der Waals surface area contributed by atoms with Crippen molar-refractivity contribution in [2.45, 2.75) is 44.8 Å². The maximum Gasteiger partial charge on any atom is 0.243 e. The highest BCUT2D eigenvalue weighted by molar-refractivity contribution is 7.89. The summed E-state index contributed by atoms with van der Waals surface area (Å²) in [6.45, 7) is 7.69. The predicted molar refractivity (Wildman–Crippen MR) is 121 cm³/mol. The van der Waals surface area contributed by atoms with E-state index in [0.29, 0.717) is 19.0 Å². The van der Waals surface area contributed by atoms with E-state index in [0.717, 1.165) is 29.2 Å². The SMILES string of the molecule is CCNC(=NCc1ccc2c(c1)OCO2)NCc1ccc(S(=O)(=O)N(C)C(C)C)cc1. The van der Waals surface area contributed by atoms with E-state index >= 15 is 0 Å². The highest BCUT2D eigenvalue weighted by atomic mass is 32.2. The molecule has 0 bridgehead atoms. The second-order valence-electron chi connectivity index (χ2n) is 7.50. The number of nitrogens with zero attached hydrogens (tertiary/aromatic N) is 2. The molecule has 9 heteroatoms. The van der Waals surface area contributed by atoms with Crippen LogP contribution in [0.4, 0.5) is 0 Å². The van der Waals surface area contributed by atoms with Crippen LogP contribution in [0.25, 0.3) is 0 Å². The molecule has 2 aromatic rings. The first-order valence-corrected chi connectivity index (χ1v) is 11.7. The Morgan fingerprint density at radius 2 is 1.74 bits per heavy atom. The largest absolute Gasteiger partial charge is 0.454 e. The molecule has 0 amide bonds. The van der Waals surface area contributed by atoms with E-state index in [1.165, 1.54) is 4.31 Å². The average Bonchev–Trinajstić information content (AvgIpc) is 3.23. The van der Waals surface area contributed by atoms with Gasteiger partial charge < -0.3 is 20.1 Å². The molecule has 31 heavy (non-hydrogen) atoms. The first-order valence-electron chi connectivity index (χ1n) is 10.3. The minimum absolute atomic E-state index is 0.102. The molecule has 0 saturated carbocycles. The lowest BCUT2D eigenvalue weighted by Crippen LogP contribution is -2.36. The van der Waals surface area contributed by atoms with Gasteiger partial charge in [0.05, 0.1) is 11.4 Å². The van der Waals surface area contributed by atoms with Crippen LogP contribution >= 0.6 is 0 Å². The molecule has 0 atom stereocenters. The van der Waals surface area contributed by atoms with Crippen molar-refractivity contribution in [3.05, 3.63) is 53.6 Å². The molecule has 168 valence electrons. The predicted octanol–water partition coefficient (Wildman–Crippen LogP) is 2.70. The number of sulfonamides is 1. The Hall–Kier alpha value is -2.78. The minimum Gasteiger partial charge on any atom is -0.454 e. The summed E-state index contributed by atoms with van der Waals surface area (Å²) >= 11 is 0. The second kappa shape index (κ2) is 10.0. The molecule has 0 radical (unpaired) electrons. The number of benzene rings is 2. The van der Waals surface area contributed by atoms with Crippen molar-refractivity contribution < 1.29 is 17.9 Å². The standard InChI is InChI=1S/C22H30N4O4S/c1-5-23-22(25-14-18-8-11-20-21(12-18)30-15-29-20)24-13-17-6-9-19(10-7-17)31(27,28)26(4)16(2)3/h6-12,16H,5,13-15H2,1-4H3,(H2,23,24,25). The minimum atomic E-state index is -3.48. The summed E-state index contributed by atoms with van der Waals surface area (Å²) in [6, 6.07) is 12.6. The van der Waals surface area contributed by atoms with Crippen LogP contribution in [0.1, 0.15) is 31.9 Å². The van der Waals surface area contributed by atoms with Gasteiger partial charge in [-0.25, -0.2) is 13.4 Å². The van der Waals surface area contributed by atoms with E-state index in [9.17, 15) is 8.42 Å². The van der Waals surface area contributed by atoms with Gasteiger partial charge >= 0.3 is 0 Å². The highest BCUT2D eigenvalue weighted by Gasteiger charge is 2.22. The molecule has 0 saturated heterocycles. The molecule has 1 aliphatic heterocycles. The lowest BCUT2D eigenvalue weighted by Gasteiger charge is -2.21. The molecule has 0 unspecified atom stereocenters. The van der Waals surface area contributed by atoms with E-state index in [1.807, 2.05) is 51.1 Å². The summed E-state index contributed by atoms with van der Waals surface area (Å²) in [5.41, 5.74) is 1.98. The van der Waals surface area contributed by atoms with Gasteiger partial charge in [0.1, 0.15) is 0 Å². The Balaban J connectivity index is 1.62. The average molecular weight is 447 g/mol. The summed E-state index contributed by atoms with van der Waals surface area (Å²) in [7, 11) is -1.89. The lowest BCUT2D eigenvalue weighted by molar-refractivity contribution is 0.174. The van der Waals surface area contributed by atoms with Gasteiger partial charge in [-0.3, -0.25) is 0 Å². The van der Waals surface area contributed by atoms with Crippen LogP contribution < -0.4 is 20.1 Å². The first kappa shape index (κ1) is 22.9. The van der Waals surface area contributed by atoms with Gasteiger partial charge in [-0.15, -0.1) is 0 Å². The summed E-state index contributed by atoms with van der Waals surface area (Å²) in [6.07, 6.45) is 0. The van der Waals surface area contributed by atoms with Crippen molar-refractivity contribution in [2.24, 2.45) is 4.99 Å². The second-order valence-corrected chi connectivity index (χ2v) is 9.49. The third-order valence-electron chi connectivity index (χ3n) is 4.99. The summed E-state index contributed by atoms with van der Waals surface area (Å²) in [4.78, 5) is 4.91. The number of rotatable bonds is 8. The topological polar surface area (TPSA) is 92.3 Å². The zero-order chi connectivity index (χ0) is 22.4. The van der Waals surface area contributed by atoms with E-state index < -0.39 is 10.0 Å². The molecule has 3 rings (SSSR count). The molecular weight excluding hydrogens is 416 g/mol. The van der Waals surface area contributed by atoms with Crippen molar-refractivity contribution in [3.8, 4) is 11.5 Å². The Morgan fingerprint density at radius 3 is 2.42 bits per heavy atom. The number of guanidine groups is 1. The van der Waals surface area contributed by atoms with Crippen molar-refractivity contribution in [3.63, 3.8) is 0 Å². The zero-order valence-corrected chi connectivity index (χ0v) is 19.2. The Kier molecular flexibility index (Phi) is 7.40. The van der Waals surface area contributed by atoms with Gasteiger partial charge in [0.25, 0.3) is 0 Å². The van der Waals surface area contributed by atoms with E-state index in [2.05, 4.69) is 15.6 Å². The van der Waals surface area contributed by atoms with Crippen molar-refractivity contribution in [1.82, 2.24) is 14.9 Å². The number of fused-ring (bicyclic) bond motifs is 1. The maximum absolute atomic E-state index is 12.6. The van der Waals surface area contributed by atoms with Crippen LogP contribution in [0.5, 0.6) is 11.5 Å². The molecule has 1 aliphatic rings. The summed E-state index contributed by atoms with van der Waals surface area (Å²) in [5.74, 6) is 2.17. The molecule has 0 fully saturated rings. The molecule has 8 nitrogen and oxygen atoms in total. The molecule has 1 heterocycles. The third-order valence-corrected chi connectivity index (χ3v) is 7.04. The van der Waals surface area contributed by atoms with Crippen LogP contribution in [0.2, 0.25) is 0 Å². The lowest BCUT2D eigenvalue weighted by atomic mass is 10.2. The van der Waals surface area contributed by atoms with Crippen LogP contribution in [0.3, 0.4) is 0 Å². The Labute approximate surface area is 184 Å². The first-order chi connectivity index (χ1) is 14.8. The van der Waals surface area contributed by atoms with Gasteiger partial charge in [-0.2, -0.15) is 4.31 Å². The normalized spacial score (nSPS) is 13.7. The molecule has 0 aliphatic carbocycles. The monoisotopic (exact) mass is 446 g/mol. The number of ether oxygens (including phenoxy) is 2. The van der Waals surface area contributed by atoms with Crippen LogP contribution in [0, 0.1) is 0 Å². The highest BCUT2D eigenvalue weighted by Crippen LogP contribution is 2.32. The number of aliphatic imine (C=N–C) groups is 1. The summed E-state index contributed by atoms with van der Waals surface area (Å²) in [5, 5.41) is 6.50. The van der Waals surface area contributed by atoms with Gasteiger partial charge in [-0.1, -0.05) is 18.2 Å². The van der Waals surface area contributed by atoms with Gasteiger partial charge in [-0.05, 0) is 56.2 Å². The van der Waals surface area contributed by atoms with E-state index in [1.54, 1.807) is 19.2 Å². The Bertz CT molecular complexity index is 1020. The van der Waals surface area contributed by atoms with Gasteiger partial charge in [0.15, 0.2) is 17.5 Å². The smallest absolute Gasteiger partial charge is 0.243 e. The molecule has 2 N–H and O–H groups in total. The third kappa shape index (κ3) is 5.68. The quantitative estimate of drug-likeness (QED) is 0.479. The van der Waals surface area contributed by atoms with E-state index in [-0.39, 0.29) is 17.7 Å². The number of hydrogen-bond acceptors (Lipinski definition) is 5. The fourth-order valence-corrected chi connectivity index (χ4v) is 4.33. The van der Waals surface area contributed by atoms with Crippen LogP contribution in [0.15, 0.2) is 52.4 Å². The van der Waals surface area contributed by atoms with Crippen molar-refractivity contribution in [1.29, 1.82) is 0 Å². The van der Waals surface area contributed by atoms with Crippen LogP contribution in [-0.4, -0.2) is 45.1 Å². The molecule has 0 aromatic heterocycles. The number of hydrogen-bond donors (Lipinski definition) is 2. The van der Waals surface area contributed by atoms with Crippen LogP contribution in [-0.2, 0) is 23.1 Å². The van der Waals surface area contributed by atoms with Crippen molar-refractivity contribution >= 4 is 16.0 Å². The van der Waals surface area contributed by atoms with Crippen molar-refractivity contribution in [2.75, 3.05) is 20.4 Å². The van der Waals surface area contributed by atoms with Gasteiger partial charge in [0.2, 0.25) is 16.8 Å². The molecular formula is C22H30N4O4S. The Morgan fingerprint density at radius 1 is 1.06 bits per heavy atom. The summed E-state index contributed by atoms with van der Waals surface area (Å²) < 4.78 is 37.3. The number of nitrogens with one attached hydrogen (secondary N) is 2.